The molecule has 0 spiro atoms. The average Bonchev–Trinajstić information content (AvgIpc) is 2.49. The van der Waals surface area contributed by atoms with Gasteiger partial charge in [-0.05, 0) is 30.2 Å². The fraction of sp³-hybridized carbons (Fsp3) is 0.500. The molecule has 0 heterocycles. The van der Waals surface area contributed by atoms with Crippen LogP contribution in [0.3, 0.4) is 0 Å². The van der Waals surface area contributed by atoms with Crippen molar-refractivity contribution in [2.75, 3.05) is 6.54 Å². The second-order valence-corrected chi connectivity index (χ2v) is 5.73. The first kappa shape index (κ1) is 17.8. The van der Waals surface area contributed by atoms with Gasteiger partial charge in [-0.15, -0.1) is 0 Å². The minimum absolute atomic E-state index is 0.0315. The van der Waals surface area contributed by atoms with Crippen LogP contribution in [0.4, 0.5) is 0 Å². The van der Waals surface area contributed by atoms with Gasteiger partial charge in [0.05, 0.1) is 0 Å². The second-order valence-electron chi connectivity index (χ2n) is 5.30. The van der Waals surface area contributed by atoms with Crippen LogP contribution < -0.4 is 5.32 Å². The zero-order valence-corrected chi connectivity index (χ0v) is 13.7. The molecule has 3 heteroatoms. The molecular weight excluding hydrogens is 282 g/mol. The monoisotopic (exact) mass is 307 g/mol. The minimum atomic E-state index is -0.0315. The molecule has 0 atom stereocenters. The summed E-state index contributed by atoms with van der Waals surface area (Å²) in [5.74, 6) is -0.0315. The van der Waals surface area contributed by atoms with Gasteiger partial charge in [-0.1, -0.05) is 69.2 Å². The largest absolute Gasteiger partial charge is 0.353 e. The van der Waals surface area contributed by atoms with E-state index in [1.54, 1.807) is 12.2 Å². The van der Waals surface area contributed by atoms with E-state index in [1.807, 2.05) is 24.3 Å². The van der Waals surface area contributed by atoms with Gasteiger partial charge in [-0.25, -0.2) is 0 Å². The van der Waals surface area contributed by atoms with Gasteiger partial charge in [0.1, 0.15) is 0 Å². The summed E-state index contributed by atoms with van der Waals surface area (Å²) in [5, 5.41) is 3.62. The molecule has 0 fully saturated rings. The van der Waals surface area contributed by atoms with Gasteiger partial charge in [0, 0.05) is 17.6 Å². The molecule has 1 N–H and O–H groups in total. The van der Waals surface area contributed by atoms with E-state index in [9.17, 15) is 4.79 Å². The first-order valence-electron chi connectivity index (χ1n) is 7.94. The Bertz CT molecular complexity index is 425. The molecule has 1 rings (SSSR count). The van der Waals surface area contributed by atoms with Crippen LogP contribution in [0.25, 0.3) is 6.08 Å². The molecule has 1 amide bonds. The Morgan fingerprint density at radius 2 is 1.67 bits per heavy atom. The van der Waals surface area contributed by atoms with Crippen LogP contribution in [0.2, 0.25) is 5.02 Å². The highest BCUT2D eigenvalue weighted by Crippen LogP contribution is 2.10. The van der Waals surface area contributed by atoms with Crippen LogP contribution in [-0.2, 0) is 4.79 Å². The molecule has 0 aromatic heterocycles. The maximum Gasteiger partial charge on any atom is 0.243 e. The Morgan fingerprint density at radius 3 is 2.33 bits per heavy atom. The summed E-state index contributed by atoms with van der Waals surface area (Å²) in [6.07, 6.45) is 12.2. The third-order valence-corrected chi connectivity index (χ3v) is 3.63. The van der Waals surface area contributed by atoms with Crippen molar-refractivity contribution in [3.63, 3.8) is 0 Å². The van der Waals surface area contributed by atoms with Crippen molar-refractivity contribution in [2.45, 2.75) is 51.9 Å². The number of amides is 1. The van der Waals surface area contributed by atoms with Gasteiger partial charge in [-0.3, -0.25) is 4.79 Å². The van der Waals surface area contributed by atoms with E-state index in [-0.39, 0.29) is 5.91 Å². The van der Waals surface area contributed by atoms with E-state index in [4.69, 9.17) is 11.6 Å². The van der Waals surface area contributed by atoms with E-state index in [0.29, 0.717) is 5.02 Å². The van der Waals surface area contributed by atoms with Crippen molar-refractivity contribution in [3.8, 4) is 0 Å². The Hall–Kier alpha value is -1.28. The SMILES string of the molecule is CCCCCCCCCNC(=O)/C=C/c1ccc(Cl)cc1. The van der Waals surface area contributed by atoms with Crippen molar-refractivity contribution in [1.82, 2.24) is 5.32 Å². The van der Waals surface area contributed by atoms with E-state index in [1.165, 1.54) is 38.5 Å². The number of carbonyl (C=O) groups excluding carboxylic acids is 1. The zero-order valence-electron chi connectivity index (χ0n) is 12.9. The molecule has 0 radical (unpaired) electrons. The van der Waals surface area contributed by atoms with Gasteiger partial charge in [0.2, 0.25) is 5.91 Å². The van der Waals surface area contributed by atoms with Crippen LogP contribution in [0.1, 0.15) is 57.4 Å². The van der Waals surface area contributed by atoms with Gasteiger partial charge in [0.15, 0.2) is 0 Å². The maximum atomic E-state index is 11.6. The van der Waals surface area contributed by atoms with Gasteiger partial charge < -0.3 is 5.32 Å². The summed E-state index contributed by atoms with van der Waals surface area (Å²) in [4.78, 5) is 11.6. The normalized spacial score (nSPS) is 11.0. The summed E-state index contributed by atoms with van der Waals surface area (Å²) in [6.45, 7) is 2.99. The molecule has 0 aliphatic rings. The topological polar surface area (TPSA) is 29.1 Å². The van der Waals surface area contributed by atoms with Crippen molar-refractivity contribution in [3.05, 3.63) is 40.9 Å². The van der Waals surface area contributed by atoms with E-state index < -0.39 is 0 Å². The molecule has 2 nitrogen and oxygen atoms in total. The molecule has 1 aromatic rings. The average molecular weight is 308 g/mol. The number of hydrogen-bond donors (Lipinski definition) is 1. The predicted molar refractivity (Wildman–Crippen MR) is 91.5 cm³/mol. The van der Waals surface area contributed by atoms with Crippen LogP contribution in [-0.4, -0.2) is 12.5 Å². The highest BCUT2D eigenvalue weighted by atomic mass is 35.5. The Morgan fingerprint density at radius 1 is 1.05 bits per heavy atom. The Balaban J connectivity index is 2.07. The van der Waals surface area contributed by atoms with Crippen LogP contribution in [0.15, 0.2) is 30.3 Å². The Kier molecular flexibility index (Phi) is 9.64. The summed E-state index contributed by atoms with van der Waals surface area (Å²) >= 11 is 5.81. The van der Waals surface area contributed by atoms with Crippen molar-refractivity contribution in [1.29, 1.82) is 0 Å². The highest BCUT2D eigenvalue weighted by Gasteiger charge is 1.96. The molecule has 0 saturated carbocycles. The summed E-state index contributed by atoms with van der Waals surface area (Å²) < 4.78 is 0. The summed E-state index contributed by atoms with van der Waals surface area (Å²) in [7, 11) is 0. The first-order valence-corrected chi connectivity index (χ1v) is 8.31. The van der Waals surface area contributed by atoms with Gasteiger partial charge in [0.25, 0.3) is 0 Å². The number of halogens is 1. The molecule has 0 unspecified atom stereocenters. The van der Waals surface area contributed by atoms with E-state index in [2.05, 4.69) is 12.2 Å². The lowest BCUT2D eigenvalue weighted by Crippen LogP contribution is -2.21. The zero-order chi connectivity index (χ0) is 15.3. The van der Waals surface area contributed by atoms with E-state index in [0.717, 1.165) is 18.5 Å². The van der Waals surface area contributed by atoms with Crippen molar-refractivity contribution in [2.24, 2.45) is 0 Å². The number of benzene rings is 1. The van der Waals surface area contributed by atoms with Crippen LogP contribution >= 0.6 is 11.6 Å². The summed E-state index contributed by atoms with van der Waals surface area (Å²) in [5.41, 5.74) is 0.977. The molecule has 116 valence electrons. The second kappa shape index (κ2) is 11.4. The fourth-order valence-corrected chi connectivity index (χ4v) is 2.22. The third-order valence-electron chi connectivity index (χ3n) is 3.38. The van der Waals surface area contributed by atoms with Crippen molar-refractivity contribution < 1.29 is 4.79 Å². The number of unbranched alkanes of at least 4 members (excludes halogenated alkanes) is 6. The van der Waals surface area contributed by atoms with E-state index >= 15 is 0 Å². The lowest BCUT2D eigenvalue weighted by molar-refractivity contribution is -0.116. The lowest BCUT2D eigenvalue weighted by Gasteiger charge is -2.02. The summed E-state index contributed by atoms with van der Waals surface area (Å²) in [6, 6.07) is 7.42. The molecule has 1 aromatic carbocycles. The molecule has 0 aliphatic carbocycles. The smallest absolute Gasteiger partial charge is 0.243 e. The predicted octanol–water partition coefficient (Wildman–Crippen LogP) is 5.22. The maximum absolute atomic E-state index is 11.6. The number of hydrogen-bond acceptors (Lipinski definition) is 1. The van der Waals surface area contributed by atoms with Crippen LogP contribution in [0, 0.1) is 0 Å². The molecule has 21 heavy (non-hydrogen) atoms. The van der Waals surface area contributed by atoms with Gasteiger partial charge in [-0.2, -0.15) is 0 Å². The minimum Gasteiger partial charge on any atom is -0.353 e. The molecule has 0 aliphatic heterocycles. The Labute approximate surface area is 133 Å². The van der Waals surface area contributed by atoms with Gasteiger partial charge >= 0.3 is 0 Å². The molecule has 0 bridgehead atoms. The fourth-order valence-electron chi connectivity index (χ4n) is 2.10. The third kappa shape index (κ3) is 9.30. The standard InChI is InChI=1S/C18H26ClNO/c1-2-3-4-5-6-7-8-15-20-18(21)14-11-16-9-12-17(19)13-10-16/h9-14H,2-8,15H2,1H3,(H,20,21)/b14-11+. The molecular formula is C18H26ClNO. The lowest BCUT2D eigenvalue weighted by atomic mass is 10.1. The number of nitrogens with one attached hydrogen (secondary N) is 1. The highest BCUT2D eigenvalue weighted by molar-refractivity contribution is 6.30. The van der Waals surface area contributed by atoms with Crippen molar-refractivity contribution >= 4 is 23.6 Å². The quantitative estimate of drug-likeness (QED) is 0.466. The molecule has 0 saturated heterocycles. The first-order chi connectivity index (χ1) is 10.2. The number of carbonyl (C=O) groups is 1. The number of rotatable bonds is 10. The van der Waals surface area contributed by atoms with Crippen LogP contribution in [0.5, 0.6) is 0 Å².